The molecule has 5 heteroatoms. The van der Waals surface area contributed by atoms with Gasteiger partial charge in [0.2, 0.25) is 0 Å². The van der Waals surface area contributed by atoms with Crippen molar-refractivity contribution in [3.63, 3.8) is 0 Å². The molecule has 0 amide bonds. The van der Waals surface area contributed by atoms with E-state index < -0.39 is 0 Å². The largest absolute Gasteiger partial charge is 0.382 e. The van der Waals surface area contributed by atoms with E-state index in [9.17, 15) is 0 Å². The quantitative estimate of drug-likeness (QED) is 0.486. The maximum atomic E-state index is 8.90. The first-order valence-corrected chi connectivity index (χ1v) is 11.7. The van der Waals surface area contributed by atoms with Gasteiger partial charge in [-0.15, -0.1) is 0 Å². The van der Waals surface area contributed by atoms with Gasteiger partial charge in [0.25, 0.3) is 0 Å². The number of nitrogens with zero attached hydrogens (tertiary/aromatic N) is 3. The average molecular weight is 417 g/mol. The molecule has 0 spiro atoms. The van der Waals surface area contributed by atoms with Crippen LogP contribution >= 0.6 is 11.9 Å². The van der Waals surface area contributed by atoms with Gasteiger partial charge in [-0.2, -0.15) is 5.26 Å². The monoisotopic (exact) mass is 416 g/mol. The number of rotatable bonds is 7. The third-order valence-corrected chi connectivity index (χ3v) is 6.66. The van der Waals surface area contributed by atoms with Gasteiger partial charge in [-0.25, -0.2) is 0 Å². The van der Waals surface area contributed by atoms with E-state index in [0.29, 0.717) is 12.5 Å². The minimum atomic E-state index is 0.485. The number of anilines is 1. The van der Waals surface area contributed by atoms with Gasteiger partial charge in [0.05, 0.1) is 6.07 Å². The van der Waals surface area contributed by atoms with Crippen molar-refractivity contribution in [2.75, 3.05) is 24.2 Å². The highest BCUT2D eigenvalue weighted by atomic mass is 32.2. The molecule has 154 valence electrons. The van der Waals surface area contributed by atoms with Crippen LogP contribution < -0.4 is 5.32 Å². The van der Waals surface area contributed by atoms with Gasteiger partial charge in [-0.05, 0) is 59.5 Å². The Kier molecular flexibility index (Phi) is 6.88. The molecule has 1 aromatic heterocycles. The Hall–Kier alpha value is -2.55. The molecule has 1 fully saturated rings. The molecule has 0 atom stereocenters. The average Bonchev–Trinajstić information content (AvgIpc) is 2.79. The standard InChI is InChI=1S/C25H28N4S/c1-2-30-29-13-9-23(10-14-29)28-25-17-22(16-21-8-12-27-18-24(21)25)20-7-3-5-19(15-20)6-4-11-26/h3,5,7-8,12,15-18,23,28H,2,4,6,9-10,13-14H2,1H3. The van der Waals surface area contributed by atoms with Crippen molar-refractivity contribution in [2.45, 2.75) is 38.6 Å². The minimum absolute atomic E-state index is 0.485. The SMILES string of the molecule is CCSN1CCC(Nc2cc(-c3cccc(CCC#N)c3)cc3ccncc23)CC1. The van der Waals surface area contributed by atoms with Gasteiger partial charge in [0, 0.05) is 54.8 Å². The lowest BCUT2D eigenvalue weighted by Gasteiger charge is -2.32. The van der Waals surface area contributed by atoms with Crippen LogP contribution in [0, 0.1) is 11.3 Å². The Morgan fingerprint density at radius 2 is 2.03 bits per heavy atom. The molecule has 1 saturated heterocycles. The summed E-state index contributed by atoms with van der Waals surface area (Å²) in [5.41, 5.74) is 4.77. The number of hydrogen-bond acceptors (Lipinski definition) is 5. The minimum Gasteiger partial charge on any atom is -0.382 e. The molecule has 1 N–H and O–H groups in total. The fraction of sp³-hybridized carbons (Fsp3) is 0.360. The van der Waals surface area contributed by atoms with Crippen molar-refractivity contribution in [3.05, 3.63) is 60.4 Å². The highest BCUT2D eigenvalue weighted by Crippen LogP contribution is 2.32. The summed E-state index contributed by atoms with van der Waals surface area (Å²) < 4.78 is 2.49. The number of nitriles is 1. The zero-order valence-corrected chi connectivity index (χ0v) is 18.3. The maximum absolute atomic E-state index is 8.90. The number of fused-ring (bicyclic) bond motifs is 1. The molecule has 0 saturated carbocycles. The Morgan fingerprint density at radius 3 is 2.83 bits per heavy atom. The van der Waals surface area contributed by atoms with E-state index in [1.165, 1.54) is 33.2 Å². The van der Waals surface area contributed by atoms with E-state index in [4.69, 9.17) is 5.26 Å². The van der Waals surface area contributed by atoms with Crippen LogP contribution in [0.25, 0.3) is 21.9 Å². The molecule has 2 heterocycles. The fourth-order valence-corrected chi connectivity index (χ4v) is 4.96. The Labute approximate surface area is 183 Å². The van der Waals surface area contributed by atoms with Crippen LogP contribution in [0.2, 0.25) is 0 Å². The second-order valence-corrected chi connectivity index (χ2v) is 9.10. The molecule has 30 heavy (non-hydrogen) atoms. The lowest BCUT2D eigenvalue weighted by atomic mass is 9.97. The molecule has 4 nitrogen and oxygen atoms in total. The Balaban J connectivity index is 1.61. The smallest absolute Gasteiger partial charge is 0.0625 e. The topological polar surface area (TPSA) is 52.0 Å². The number of nitrogens with one attached hydrogen (secondary N) is 1. The number of pyridine rings is 1. The third-order valence-electron chi connectivity index (χ3n) is 5.67. The zero-order valence-electron chi connectivity index (χ0n) is 17.5. The number of aryl methyl sites for hydroxylation is 1. The molecule has 1 aliphatic rings. The number of benzene rings is 2. The third kappa shape index (κ3) is 4.95. The van der Waals surface area contributed by atoms with Crippen LogP contribution in [-0.2, 0) is 6.42 Å². The van der Waals surface area contributed by atoms with Gasteiger partial charge in [0.1, 0.15) is 0 Å². The van der Waals surface area contributed by atoms with Crippen LogP contribution in [0.15, 0.2) is 54.9 Å². The summed E-state index contributed by atoms with van der Waals surface area (Å²) in [5, 5.41) is 15.1. The molecule has 4 rings (SSSR count). The lowest BCUT2D eigenvalue weighted by molar-refractivity contribution is 0.359. The summed E-state index contributed by atoms with van der Waals surface area (Å²) in [7, 11) is 0. The van der Waals surface area contributed by atoms with E-state index in [1.807, 2.05) is 24.3 Å². The first-order chi connectivity index (χ1) is 14.8. The molecule has 0 radical (unpaired) electrons. The van der Waals surface area contributed by atoms with Crippen LogP contribution in [0.5, 0.6) is 0 Å². The van der Waals surface area contributed by atoms with E-state index >= 15 is 0 Å². The van der Waals surface area contributed by atoms with Gasteiger partial charge in [-0.1, -0.05) is 43.1 Å². The second-order valence-electron chi connectivity index (χ2n) is 7.74. The fourth-order valence-electron chi connectivity index (χ4n) is 4.12. The predicted molar refractivity (Wildman–Crippen MR) is 127 cm³/mol. The van der Waals surface area contributed by atoms with Crippen LogP contribution in [0.3, 0.4) is 0 Å². The van der Waals surface area contributed by atoms with Gasteiger partial charge in [0.15, 0.2) is 0 Å². The van der Waals surface area contributed by atoms with Crippen molar-refractivity contribution < 1.29 is 0 Å². The normalized spacial score (nSPS) is 15.2. The zero-order chi connectivity index (χ0) is 20.8. The van der Waals surface area contributed by atoms with Gasteiger partial charge < -0.3 is 5.32 Å². The summed E-state index contributed by atoms with van der Waals surface area (Å²) in [6, 6.07) is 17.9. The summed E-state index contributed by atoms with van der Waals surface area (Å²) in [4.78, 5) is 4.37. The summed E-state index contributed by atoms with van der Waals surface area (Å²) in [6.07, 6.45) is 7.48. The van der Waals surface area contributed by atoms with Crippen LogP contribution in [-0.4, -0.2) is 34.2 Å². The lowest BCUT2D eigenvalue weighted by Crippen LogP contribution is -2.35. The van der Waals surface area contributed by atoms with Crippen molar-refractivity contribution in [3.8, 4) is 17.2 Å². The summed E-state index contributed by atoms with van der Waals surface area (Å²) in [6.45, 7) is 4.48. The number of hydrogen-bond donors (Lipinski definition) is 1. The summed E-state index contributed by atoms with van der Waals surface area (Å²) in [5.74, 6) is 1.14. The van der Waals surface area contributed by atoms with Crippen molar-refractivity contribution in [1.82, 2.24) is 9.29 Å². The van der Waals surface area contributed by atoms with E-state index in [-0.39, 0.29) is 0 Å². The predicted octanol–water partition coefficient (Wildman–Crippen LogP) is 5.90. The van der Waals surface area contributed by atoms with Gasteiger partial charge >= 0.3 is 0 Å². The maximum Gasteiger partial charge on any atom is 0.0625 e. The van der Waals surface area contributed by atoms with Crippen molar-refractivity contribution >= 4 is 28.4 Å². The molecule has 0 aliphatic carbocycles. The van der Waals surface area contributed by atoms with Gasteiger partial charge in [-0.3, -0.25) is 9.29 Å². The molecular weight excluding hydrogens is 388 g/mol. The molecule has 2 aromatic carbocycles. The first kappa shape index (κ1) is 20.7. The second kappa shape index (κ2) is 9.97. The Morgan fingerprint density at radius 1 is 1.17 bits per heavy atom. The molecule has 3 aromatic rings. The Bertz CT molecular complexity index is 1030. The molecule has 0 unspecified atom stereocenters. The van der Waals surface area contributed by atoms with E-state index in [2.05, 4.69) is 70.1 Å². The van der Waals surface area contributed by atoms with E-state index in [1.54, 1.807) is 0 Å². The molecule has 0 bridgehead atoms. The van der Waals surface area contributed by atoms with Crippen molar-refractivity contribution in [2.24, 2.45) is 0 Å². The van der Waals surface area contributed by atoms with Crippen molar-refractivity contribution in [1.29, 1.82) is 5.26 Å². The number of aromatic nitrogens is 1. The van der Waals surface area contributed by atoms with Crippen LogP contribution in [0.4, 0.5) is 5.69 Å². The molecule has 1 aliphatic heterocycles. The highest BCUT2D eigenvalue weighted by Gasteiger charge is 2.20. The van der Waals surface area contributed by atoms with Crippen LogP contribution in [0.1, 0.15) is 31.7 Å². The van der Waals surface area contributed by atoms with E-state index in [0.717, 1.165) is 38.1 Å². The summed E-state index contributed by atoms with van der Waals surface area (Å²) >= 11 is 1.95. The molecular formula is C25H28N4S. The number of piperidine rings is 1. The highest BCUT2D eigenvalue weighted by molar-refractivity contribution is 7.96. The first-order valence-electron chi connectivity index (χ1n) is 10.7.